The van der Waals surface area contributed by atoms with Crippen LogP contribution >= 0.6 is 0 Å². The minimum absolute atomic E-state index is 0.0227. The molecular weight excluding hydrogens is 639 g/mol. The molecule has 0 spiro atoms. The minimum atomic E-state index is -4.27. The van der Waals surface area contributed by atoms with Crippen LogP contribution < -0.4 is 19.1 Å². The van der Waals surface area contributed by atoms with Gasteiger partial charge in [-0.05, 0) is 79.8 Å². The van der Waals surface area contributed by atoms with Crippen LogP contribution in [-0.2, 0) is 32.6 Å². The van der Waals surface area contributed by atoms with Gasteiger partial charge in [-0.3, -0.25) is 13.9 Å². The number of anilines is 1. The van der Waals surface area contributed by atoms with Gasteiger partial charge in [-0.15, -0.1) is 0 Å². The highest BCUT2D eigenvalue weighted by Gasteiger charge is 2.36. The lowest BCUT2D eigenvalue weighted by Crippen LogP contribution is -2.54. The smallest absolute Gasteiger partial charge is 0.264 e. The molecule has 1 aliphatic rings. The second-order valence-electron chi connectivity index (χ2n) is 12.6. The highest BCUT2D eigenvalue weighted by Crippen LogP contribution is 2.34. The van der Waals surface area contributed by atoms with Gasteiger partial charge in [0.1, 0.15) is 24.1 Å². The van der Waals surface area contributed by atoms with Crippen LogP contribution in [0, 0.1) is 13.8 Å². The van der Waals surface area contributed by atoms with E-state index in [1.807, 2.05) is 74.5 Å². The van der Waals surface area contributed by atoms with E-state index in [1.165, 1.54) is 24.1 Å². The van der Waals surface area contributed by atoms with Crippen molar-refractivity contribution in [1.29, 1.82) is 0 Å². The van der Waals surface area contributed by atoms with E-state index in [1.54, 1.807) is 31.4 Å². The number of sulfonamides is 1. The van der Waals surface area contributed by atoms with Gasteiger partial charge in [0, 0.05) is 19.0 Å². The largest absolute Gasteiger partial charge is 0.497 e. The maximum atomic E-state index is 14.8. The van der Waals surface area contributed by atoms with Crippen LogP contribution in [-0.4, -0.2) is 58.0 Å². The fraction of sp³-hybridized carbons (Fsp3) is 0.333. The Morgan fingerprint density at radius 1 is 0.816 bits per heavy atom. The monoisotopic (exact) mass is 683 g/mol. The number of ether oxygens (including phenoxy) is 2. The van der Waals surface area contributed by atoms with Gasteiger partial charge in [0.2, 0.25) is 11.8 Å². The molecule has 4 aromatic rings. The van der Waals surface area contributed by atoms with E-state index in [4.69, 9.17) is 9.47 Å². The molecule has 4 aromatic carbocycles. The Morgan fingerprint density at radius 3 is 2.16 bits per heavy atom. The lowest BCUT2D eigenvalue weighted by atomic mass is 10.0. The molecule has 0 heterocycles. The van der Waals surface area contributed by atoms with Crippen molar-refractivity contribution >= 4 is 27.5 Å². The first-order valence-corrected chi connectivity index (χ1v) is 18.0. The van der Waals surface area contributed by atoms with Crippen LogP contribution in [0.4, 0.5) is 5.69 Å². The maximum Gasteiger partial charge on any atom is 0.264 e. The molecule has 0 saturated heterocycles. The number of nitrogens with one attached hydrogen (secondary N) is 1. The summed E-state index contributed by atoms with van der Waals surface area (Å²) < 4.78 is 41.1. The van der Waals surface area contributed by atoms with E-state index in [9.17, 15) is 18.0 Å². The summed E-state index contributed by atoms with van der Waals surface area (Å²) in [6.07, 6.45) is 4.07. The molecule has 10 heteroatoms. The van der Waals surface area contributed by atoms with Crippen molar-refractivity contribution in [2.75, 3.05) is 25.1 Å². The molecule has 9 nitrogen and oxygen atoms in total. The fourth-order valence-corrected chi connectivity index (χ4v) is 7.65. The van der Waals surface area contributed by atoms with Crippen molar-refractivity contribution in [3.8, 4) is 11.5 Å². The van der Waals surface area contributed by atoms with E-state index in [2.05, 4.69) is 5.32 Å². The van der Waals surface area contributed by atoms with Gasteiger partial charge >= 0.3 is 0 Å². The van der Waals surface area contributed by atoms with E-state index in [-0.39, 0.29) is 35.5 Å². The lowest BCUT2D eigenvalue weighted by Gasteiger charge is -2.34. The number of methoxy groups -OCH3 is 2. The van der Waals surface area contributed by atoms with Crippen LogP contribution in [0.2, 0.25) is 0 Å². The zero-order valence-electron chi connectivity index (χ0n) is 28.6. The van der Waals surface area contributed by atoms with Gasteiger partial charge in [-0.2, -0.15) is 0 Å². The molecule has 1 fully saturated rings. The third kappa shape index (κ3) is 8.80. The number of hydrogen-bond donors (Lipinski definition) is 1. The van der Waals surface area contributed by atoms with Gasteiger partial charge in [0.25, 0.3) is 10.0 Å². The van der Waals surface area contributed by atoms with E-state index >= 15 is 0 Å². The SMILES string of the molecule is COc1cccc(CN(C(=O)CN(c2cc(C)ccc2OC)S(=O)(=O)c2ccc(C)cc2)[C@@H](Cc2ccccc2)C(=O)NC2CCCC2)c1. The first-order valence-electron chi connectivity index (χ1n) is 16.6. The summed E-state index contributed by atoms with van der Waals surface area (Å²) in [6, 6.07) is 27.7. The number of amides is 2. The van der Waals surface area contributed by atoms with Crippen molar-refractivity contribution in [3.05, 3.63) is 119 Å². The Balaban J connectivity index is 1.61. The molecular formula is C39H45N3O6S. The number of carbonyl (C=O) groups is 2. The molecule has 49 heavy (non-hydrogen) atoms. The van der Waals surface area contributed by atoms with Gasteiger partial charge in [0.05, 0.1) is 24.8 Å². The van der Waals surface area contributed by atoms with Gasteiger partial charge in [-0.25, -0.2) is 8.42 Å². The molecule has 5 rings (SSSR count). The minimum Gasteiger partial charge on any atom is -0.497 e. The predicted molar refractivity (Wildman–Crippen MR) is 191 cm³/mol. The standard InChI is InChI=1S/C39H45N3O6S/c1-28-17-20-34(21-18-28)49(45,46)42(35-23-29(2)19-22-37(35)48-4)27-38(43)41(26-31-13-10-16-33(24-31)47-3)36(25-30-11-6-5-7-12-30)39(44)40-32-14-8-9-15-32/h5-7,10-13,16-24,32,36H,8-9,14-15,25-27H2,1-4H3,(H,40,44)/t36-/m0/s1. The first-order chi connectivity index (χ1) is 23.6. The topological polar surface area (TPSA) is 105 Å². The highest BCUT2D eigenvalue weighted by molar-refractivity contribution is 7.92. The zero-order valence-corrected chi connectivity index (χ0v) is 29.4. The Bertz CT molecular complexity index is 1840. The van der Waals surface area contributed by atoms with Crippen molar-refractivity contribution in [2.45, 2.75) is 69.5 Å². The van der Waals surface area contributed by atoms with Crippen LogP contribution in [0.5, 0.6) is 11.5 Å². The van der Waals surface area contributed by atoms with E-state index in [0.29, 0.717) is 11.5 Å². The lowest BCUT2D eigenvalue weighted by molar-refractivity contribution is -0.140. The quantitative estimate of drug-likeness (QED) is 0.169. The van der Waals surface area contributed by atoms with Crippen LogP contribution in [0.25, 0.3) is 0 Å². The number of aryl methyl sites for hydroxylation is 2. The summed E-state index contributed by atoms with van der Waals surface area (Å²) in [4.78, 5) is 30.6. The van der Waals surface area contributed by atoms with Crippen LogP contribution in [0.3, 0.4) is 0 Å². The Labute approximate surface area is 289 Å². The first kappa shape index (κ1) is 35.5. The summed E-state index contributed by atoms with van der Waals surface area (Å²) in [5.74, 6) is 0.0962. The third-order valence-electron chi connectivity index (χ3n) is 8.95. The predicted octanol–water partition coefficient (Wildman–Crippen LogP) is 6.21. The second-order valence-corrected chi connectivity index (χ2v) is 14.4. The Kier molecular flexibility index (Phi) is 11.6. The van der Waals surface area contributed by atoms with Crippen molar-refractivity contribution in [1.82, 2.24) is 10.2 Å². The summed E-state index contributed by atoms with van der Waals surface area (Å²) in [5, 5.41) is 3.21. The normalized spacial score (nSPS) is 13.8. The molecule has 0 radical (unpaired) electrons. The number of carbonyl (C=O) groups excluding carboxylic acids is 2. The average molecular weight is 684 g/mol. The van der Waals surface area contributed by atoms with Gasteiger partial charge in [-0.1, -0.05) is 79.1 Å². The number of hydrogen-bond acceptors (Lipinski definition) is 6. The zero-order chi connectivity index (χ0) is 35.0. The highest BCUT2D eigenvalue weighted by atomic mass is 32.2. The summed E-state index contributed by atoms with van der Waals surface area (Å²) >= 11 is 0. The van der Waals surface area contributed by atoms with E-state index < -0.39 is 28.5 Å². The van der Waals surface area contributed by atoms with Gasteiger partial charge < -0.3 is 19.7 Å². The van der Waals surface area contributed by atoms with Gasteiger partial charge in [0.15, 0.2) is 0 Å². The maximum absolute atomic E-state index is 14.8. The molecule has 0 bridgehead atoms. The summed E-state index contributed by atoms with van der Waals surface area (Å²) in [6.45, 7) is 3.21. The van der Waals surface area contributed by atoms with Crippen LogP contribution in [0.1, 0.15) is 47.9 Å². The number of benzene rings is 4. The van der Waals surface area contributed by atoms with Crippen molar-refractivity contribution < 1.29 is 27.5 Å². The number of rotatable bonds is 14. The summed E-state index contributed by atoms with van der Waals surface area (Å²) in [5.41, 5.74) is 3.53. The van der Waals surface area contributed by atoms with E-state index in [0.717, 1.165) is 52.2 Å². The van der Waals surface area contributed by atoms with Crippen LogP contribution in [0.15, 0.2) is 102 Å². The molecule has 0 unspecified atom stereocenters. The Morgan fingerprint density at radius 2 is 1.49 bits per heavy atom. The molecule has 2 amide bonds. The molecule has 0 aromatic heterocycles. The average Bonchev–Trinajstić information content (AvgIpc) is 3.62. The molecule has 1 saturated carbocycles. The second kappa shape index (κ2) is 16.0. The molecule has 258 valence electrons. The molecule has 1 N–H and O–H groups in total. The molecule has 1 atom stereocenters. The Hall–Kier alpha value is -4.83. The number of nitrogens with zero attached hydrogens (tertiary/aromatic N) is 2. The summed E-state index contributed by atoms with van der Waals surface area (Å²) in [7, 11) is -1.24. The van der Waals surface area contributed by atoms with Crippen molar-refractivity contribution in [3.63, 3.8) is 0 Å². The molecule has 0 aliphatic heterocycles. The van der Waals surface area contributed by atoms with Crippen molar-refractivity contribution in [2.24, 2.45) is 0 Å². The third-order valence-corrected chi connectivity index (χ3v) is 10.7. The molecule has 1 aliphatic carbocycles. The fourth-order valence-electron chi connectivity index (χ4n) is 6.23.